The fourth-order valence-electron chi connectivity index (χ4n) is 2.62. The Morgan fingerprint density at radius 3 is 2.95 bits per heavy atom. The van der Waals surface area contributed by atoms with Crippen LogP contribution in [0, 0.1) is 0 Å². The summed E-state index contributed by atoms with van der Waals surface area (Å²) in [5, 5.41) is 7.53. The van der Waals surface area contributed by atoms with Crippen LogP contribution in [-0.4, -0.2) is 31.2 Å². The van der Waals surface area contributed by atoms with Crippen molar-refractivity contribution in [2.24, 2.45) is 0 Å². The van der Waals surface area contributed by atoms with Crippen molar-refractivity contribution in [1.29, 1.82) is 0 Å². The minimum absolute atomic E-state index is 0. The molecule has 1 aromatic heterocycles. The highest BCUT2D eigenvalue weighted by Crippen LogP contribution is 2.29. The lowest BCUT2D eigenvalue weighted by atomic mass is 10.1. The fourth-order valence-corrected chi connectivity index (χ4v) is 3.68. The molecular weight excluding hydrogens is 320 g/mol. The molecule has 3 rings (SSSR count). The third-order valence-corrected chi connectivity index (χ3v) is 5.13. The molecule has 4 nitrogen and oxygen atoms in total. The van der Waals surface area contributed by atoms with Gasteiger partial charge in [-0.3, -0.25) is 4.79 Å². The van der Waals surface area contributed by atoms with Crippen molar-refractivity contribution in [3.05, 3.63) is 35.2 Å². The highest BCUT2D eigenvalue weighted by atomic mass is 35.5. The van der Waals surface area contributed by atoms with Gasteiger partial charge in [-0.2, -0.15) is 0 Å². The van der Waals surface area contributed by atoms with Gasteiger partial charge in [0.2, 0.25) is 5.91 Å². The van der Waals surface area contributed by atoms with E-state index >= 15 is 0 Å². The zero-order valence-corrected chi connectivity index (χ0v) is 14.3. The highest BCUT2D eigenvalue weighted by molar-refractivity contribution is 7.19. The predicted octanol–water partition coefficient (Wildman–Crippen LogP) is 2.88. The van der Waals surface area contributed by atoms with Gasteiger partial charge in [-0.1, -0.05) is 18.2 Å². The zero-order valence-electron chi connectivity index (χ0n) is 12.7. The molecule has 1 aromatic carbocycles. The molecule has 0 aliphatic carbocycles. The molecule has 6 heteroatoms. The lowest BCUT2D eigenvalue weighted by molar-refractivity contribution is -0.129. The summed E-state index contributed by atoms with van der Waals surface area (Å²) in [7, 11) is 0. The van der Waals surface area contributed by atoms with Crippen molar-refractivity contribution < 1.29 is 9.53 Å². The van der Waals surface area contributed by atoms with Crippen molar-refractivity contribution >= 4 is 39.7 Å². The van der Waals surface area contributed by atoms with Crippen LogP contribution in [0.4, 0.5) is 0 Å². The molecule has 2 aromatic rings. The van der Waals surface area contributed by atoms with Gasteiger partial charge in [0.25, 0.3) is 0 Å². The second-order valence-corrected chi connectivity index (χ2v) is 6.54. The van der Waals surface area contributed by atoms with Crippen LogP contribution in [0.25, 0.3) is 10.1 Å². The lowest BCUT2D eigenvalue weighted by Gasteiger charge is -2.30. The Hall–Kier alpha value is -1.14. The normalized spacial score (nSPS) is 22.8. The number of hydrogen-bond acceptors (Lipinski definition) is 4. The Bertz CT molecular complexity index is 613. The molecule has 2 N–H and O–H groups in total. The van der Waals surface area contributed by atoms with Gasteiger partial charge in [-0.05, 0) is 31.4 Å². The fraction of sp³-hybridized carbons (Fsp3) is 0.438. The number of nitrogens with one attached hydrogen (secondary N) is 2. The van der Waals surface area contributed by atoms with E-state index in [0.717, 1.165) is 6.54 Å². The first-order valence-corrected chi connectivity index (χ1v) is 8.10. The molecule has 0 spiro atoms. The minimum Gasteiger partial charge on any atom is -0.375 e. The van der Waals surface area contributed by atoms with E-state index in [-0.39, 0.29) is 36.5 Å². The molecular formula is C16H21ClN2O2S. The number of benzene rings is 1. The van der Waals surface area contributed by atoms with Crippen LogP contribution >= 0.6 is 23.7 Å². The number of rotatable bonds is 3. The van der Waals surface area contributed by atoms with Crippen molar-refractivity contribution in [3.63, 3.8) is 0 Å². The van der Waals surface area contributed by atoms with E-state index < -0.39 is 0 Å². The molecule has 1 unspecified atom stereocenters. The summed E-state index contributed by atoms with van der Waals surface area (Å²) in [4.78, 5) is 13.5. The zero-order chi connectivity index (χ0) is 14.8. The Labute approximate surface area is 140 Å². The number of fused-ring (bicyclic) bond motifs is 1. The van der Waals surface area contributed by atoms with Crippen molar-refractivity contribution in [3.8, 4) is 0 Å². The second-order valence-electron chi connectivity index (χ2n) is 5.42. The molecule has 22 heavy (non-hydrogen) atoms. The highest BCUT2D eigenvalue weighted by Gasteiger charge is 2.29. The summed E-state index contributed by atoms with van der Waals surface area (Å²) in [6, 6.07) is 10.2. The molecule has 1 fully saturated rings. The Kier molecular flexibility index (Phi) is 5.81. The molecule has 0 bridgehead atoms. The molecule has 1 amide bonds. The average molecular weight is 341 g/mol. The first-order chi connectivity index (χ1) is 10.1. The van der Waals surface area contributed by atoms with E-state index in [2.05, 4.69) is 28.8 Å². The van der Waals surface area contributed by atoms with Crippen LogP contribution in [0.3, 0.4) is 0 Å². The van der Waals surface area contributed by atoms with Crippen LogP contribution in [-0.2, 0) is 9.53 Å². The van der Waals surface area contributed by atoms with Crippen LogP contribution in [0.15, 0.2) is 30.3 Å². The topological polar surface area (TPSA) is 50.4 Å². The summed E-state index contributed by atoms with van der Waals surface area (Å²) < 4.78 is 6.78. The third-order valence-electron chi connectivity index (χ3n) is 3.83. The Morgan fingerprint density at radius 1 is 1.45 bits per heavy atom. The Morgan fingerprint density at radius 2 is 2.23 bits per heavy atom. The smallest absolute Gasteiger partial charge is 0.240 e. The van der Waals surface area contributed by atoms with Gasteiger partial charge in [0, 0.05) is 16.1 Å². The number of carbonyl (C=O) groups excluding carboxylic acids is 1. The van der Waals surface area contributed by atoms with Crippen LogP contribution < -0.4 is 10.6 Å². The summed E-state index contributed by atoms with van der Waals surface area (Å²) in [6.07, 6.45) is -0.0895. The second kappa shape index (κ2) is 7.42. The first-order valence-electron chi connectivity index (χ1n) is 7.29. The number of carbonyl (C=O) groups is 1. The van der Waals surface area contributed by atoms with E-state index in [9.17, 15) is 4.79 Å². The van der Waals surface area contributed by atoms with E-state index in [4.69, 9.17) is 4.74 Å². The van der Waals surface area contributed by atoms with Gasteiger partial charge in [-0.25, -0.2) is 0 Å². The first kappa shape index (κ1) is 17.2. The molecule has 1 aliphatic heterocycles. The number of morpholine rings is 1. The Balaban J connectivity index is 0.00000176. The van der Waals surface area contributed by atoms with Crippen molar-refractivity contribution in [2.75, 3.05) is 13.2 Å². The van der Waals surface area contributed by atoms with Gasteiger partial charge in [-0.15, -0.1) is 23.7 Å². The third kappa shape index (κ3) is 3.60. The van der Waals surface area contributed by atoms with E-state index in [1.54, 1.807) is 11.3 Å². The molecule has 1 saturated heterocycles. The molecule has 120 valence electrons. The molecule has 0 saturated carbocycles. The number of thiophene rings is 1. The maximum atomic E-state index is 12.4. The predicted molar refractivity (Wildman–Crippen MR) is 92.8 cm³/mol. The van der Waals surface area contributed by atoms with E-state index in [0.29, 0.717) is 6.61 Å². The summed E-state index contributed by atoms with van der Waals surface area (Å²) in [5.41, 5.74) is 0. The van der Waals surface area contributed by atoms with Crippen LogP contribution in [0.1, 0.15) is 24.8 Å². The lowest BCUT2D eigenvalue weighted by Crippen LogP contribution is -2.55. The van der Waals surface area contributed by atoms with Crippen LogP contribution in [0.2, 0.25) is 0 Å². The van der Waals surface area contributed by atoms with Crippen molar-refractivity contribution in [1.82, 2.24) is 10.6 Å². The van der Waals surface area contributed by atoms with Gasteiger partial charge in [0.15, 0.2) is 0 Å². The van der Waals surface area contributed by atoms with Gasteiger partial charge >= 0.3 is 0 Å². The van der Waals surface area contributed by atoms with Gasteiger partial charge in [0.05, 0.1) is 18.8 Å². The van der Waals surface area contributed by atoms with E-state index in [1.807, 2.05) is 26.0 Å². The minimum atomic E-state index is -0.268. The molecule has 1 aliphatic rings. The van der Waals surface area contributed by atoms with Crippen LogP contribution in [0.5, 0.6) is 0 Å². The van der Waals surface area contributed by atoms with E-state index in [1.165, 1.54) is 15.0 Å². The molecule has 3 atom stereocenters. The largest absolute Gasteiger partial charge is 0.375 e. The molecule has 0 radical (unpaired) electrons. The number of halogens is 1. The average Bonchev–Trinajstić information content (AvgIpc) is 2.91. The molecule has 2 heterocycles. The summed E-state index contributed by atoms with van der Waals surface area (Å²) >= 11 is 1.73. The maximum absolute atomic E-state index is 12.4. The van der Waals surface area contributed by atoms with Gasteiger partial charge in [0.1, 0.15) is 6.04 Å². The quantitative estimate of drug-likeness (QED) is 0.903. The SMILES string of the molecule is CC(NC(=O)[C@H]1NCCO[C@@H]1C)c1cc2ccccc2s1.Cl. The van der Waals surface area contributed by atoms with Crippen molar-refractivity contribution in [2.45, 2.75) is 32.0 Å². The number of hydrogen-bond donors (Lipinski definition) is 2. The standard InChI is InChI=1S/C16H20N2O2S.ClH/c1-10(14-9-12-5-3-4-6-13(12)21-14)18-16(19)15-11(2)20-8-7-17-15;/h3-6,9-11,15,17H,7-8H2,1-2H3,(H,18,19);1H/t10?,11-,15+;/m1./s1. The number of ether oxygens (including phenoxy) is 1. The van der Waals surface area contributed by atoms with Gasteiger partial charge < -0.3 is 15.4 Å². The number of amides is 1. The maximum Gasteiger partial charge on any atom is 0.240 e. The summed E-state index contributed by atoms with van der Waals surface area (Å²) in [6.45, 7) is 5.34. The monoisotopic (exact) mass is 340 g/mol. The summed E-state index contributed by atoms with van der Waals surface area (Å²) in [5.74, 6) is 0.00663.